The average Bonchev–Trinajstić information content (AvgIpc) is 2.74. The Kier molecular flexibility index (Phi) is 6.75. The standard InChI is InChI=1S/C20H19F5N2O4S/c1-31-17-7-4-13(21)9-18(17)32(29,30)27-8-2-3-12(11-27)19(28)26-14-5-6-16(22)15(10-14)20(23,24)25/h4-7,9-10,12H,2-3,8,11H2,1H3,(H,26,28)/t12-/m1/s1. The molecule has 0 unspecified atom stereocenters. The highest BCUT2D eigenvalue weighted by Gasteiger charge is 2.36. The lowest BCUT2D eigenvalue weighted by Crippen LogP contribution is -2.43. The molecule has 0 aromatic heterocycles. The maximum atomic E-state index is 13.7. The van der Waals surface area contributed by atoms with Gasteiger partial charge in [-0.05, 0) is 49.2 Å². The smallest absolute Gasteiger partial charge is 0.419 e. The van der Waals surface area contributed by atoms with E-state index in [-0.39, 0.29) is 30.9 Å². The van der Waals surface area contributed by atoms with Crippen molar-refractivity contribution in [1.29, 1.82) is 0 Å². The largest absolute Gasteiger partial charge is 0.495 e. The first-order valence-corrected chi connectivity index (χ1v) is 10.9. The Balaban J connectivity index is 1.79. The first-order chi connectivity index (χ1) is 14.9. The van der Waals surface area contributed by atoms with Crippen molar-refractivity contribution in [2.75, 3.05) is 25.5 Å². The van der Waals surface area contributed by atoms with Gasteiger partial charge in [-0.25, -0.2) is 17.2 Å². The fourth-order valence-corrected chi connectivity index (χ4v) is 5.12. The third kappa shape index (κ3) is 5.01. The Labute approximate surface area is 181 Å². The fraction of sp³-hybridized carbons (Fsp3) is 0.350. The number of hydrogen-bond donors (Lipinski definition) is 1. The summed E-state index contributed by atoms with van der Waals surface area (Å²) in [6, 6.07) is 5.08. The van der Waals surface area contributed by atoms with E-state index >= 15 is 0 Å². The average molecular weight is 478 g/mol. The van der Waals surface area contributed by atoms with Crippen LogP contribution < -0.4 is 10.1 Å². The number of sulfonamides is 1. The summed E-state index contributed by atoms with van der Waals surface area (Å²) in [5.41, 5.74) is -1.79. The van der Waals surface area contributed by atoms with Crippen molar-refractivity contribution in [3.63, 3.8) is 0 Å². The number of benzene rings is 2. The molecule has 1 saturated heterocycles. The Morgan fingerprint density at radius 1 is 1.16 bits per heavy atom. The molecule has 1 N–H and O–H groups in total. The highest BCUT2D eigenvalue weighted by molar-refractivity contribution is 7.89. The number of alkyl halides is 3. The SMILES string of the molecule is COc1ccc(F)cc1S(=O)(=O)N1CCC[C@@H](C(=O)Nc2ccc(F)c(C(F)(F)F)c2)C1. The van der Waals surface area contributed by atoms with Gasteiger partial charge >= 0.3 is 6.18 Å². The third-order valence-corrected chi connectivity index (χ3v) is 6.92. The molecule has 0 radical (unpaired) electrons. The Bertz CT molecular complexity index is 1120. The van der Waals surface area contributed by atoms with Gasteiger partial charge in [0.15, 0.2) is 0 Å². The van der Waals surface area contributed by atoms with Crippen molar-refractivity contribution in [3.8, 4) is 5.75 Å². The Hall–Kier alpha value is -2.73. The lowest BCUT2D eigenvalue weighted by molar-refractivity contribution is -0.140. The first-order valence-electron chi connectivity index (χ1n) is 9.45. The van der Waals surface area contributed by atoms with Crippen LogP contribution in [0.3, 0.4) is 0 Å². The normalized spacial score (nSPS) is 17.8. The van der Waals surface area contributed by atoms with Crippen molar-refractivity contribution in [2.45, 2.75) is 23.9 Å². The van der Waals surface area contributed by atoms with E-state index in [1.165, 1.54) is 13.2 Å². The quantitative estimate of drug-likeness (QED) is 0.659. The van der Waals surface area contributed by atoms with Crippen LogP contribution in [0.2, 0.25) is 0 Å². The molecule has 0 saturated carbocycles. The van der Waals surface area contributed by atoms with Crippen molar-refractivity contribution < 1.29 is 39.9 Å². The molecule has 1 fully saturated rings. The van der Waals surface area contributed by atoms with Gasteiger partial charge in [-0.15, -0.1) is 0 Å². The highest BCUT2D eigenvalue weighted by Crippen LogP contribution is 2.34. The van der Waals surface area contributed by atoms with Crippen LogP contribution in [0.1, 0.15) is 18.4 Å². The van der Waals surface area contributed by atoms with Crippen molar-refractivity contribution in [1.82, 2.24) is 4.31 Å². The zero-order valence-corrected chi connectivity index (χ0v) is 17.6. The second-order valence-electron chi connectivity index (χ2n) is 7.18. The molecule has 1 atom stereocenters. The summed E-state index contributed by atoms with van der Waals surface area (Å²) in [7, 11) is -2.98. The molecular weight excluding hydrogens is 459 g/mol. The maximum Gasteiger partial charge on any atom is 0.419 e. The molecule has 2 aromatic carbocycles. The number of nitrogens with zero attached hydrogens (tertiary/aromatic N) is 1. The number of piperidine rings is 1. The number of hydrogen-bond acceptors (Lipinski definition) is 4. The molecule has 1 aliphatic rings. The van der Waals surface area contributed by atoms with Crippen LogP contribution in [0.4, 0.5) is 27.6 Å². The van der Waals surface area contributed by atoms with E-state index < -0.39 is 50.1 Å². The molecule has 0 bridgehead atoms. The molecule has 12 heteroatoms. The lowest BCUT2D eigenvalue weighted by atomic mass is 9.98. The zero-order chi connectivity index (χ0) is 23.7. The summed E-state index contributed by atoms with van der Waals surface area (Å²) in [6.45, 7) is -0.193. The number of carbonyl (C=O) groups excluding carboxylic acids is 1. The molecule has 0 spiro atoms. The van der Waals surface area contributed by atoms with Crippen molar-refractivity contribution in [3.05, 3.63) is 53.6 Å². The monoisotopic (exact) mass is 478 g/mol. The molecule has 32 heavy (non-hydrogen) atoms. The number of anilines is 1. The first kappa shape index (κ1) is 23.9. The number of ether oxygens (including phenoxy) is 1. The van der Waals surface area contributed by atoms with E-state index in [0.29, 0.717) is 18.6 Å². The highest BCUT2D eigenvalue weighted by atomic mass is 32.2. The van der Waals surface area contributed by atoms with Gasteiger partial charge in [0.2, 0.25) is 15.9 Å². The number of halogens is 5. The second-order valence-corrected chi connectivity index (χ2v) is 9.09. The minimum absolute atomic E-state index is 0.0658. The number of nitrogens with one attached hydrogen (secondary N) is 1. The topological polar surface area (TPSA) is 75.7 Å². The van der Waals surface area contributed by atoms with Gasteiger partial charge in [-0.1, -0.05) is 0 Å². The predicted molar refractivity (Wildman–Crippen MR) is 104 cm³/mol. The Morgan fingerprint density at radius 2 is 1.88 bits per heavy atom. The number of methoxy groups -OCH3 is 1. The van der Waals surface area contributed by atoms with E-state index in [1.807, 2.05) is 0 Å². The van der Waals surface area contributed by atoms with Crippen LogP contribution in [0.25, 0.3) is 0 Å². The van der Waals surface area contributed by atoms with Crippen LogP contribution in [-0.4, -0.2) is 38.8 Å². The van der Waals surface area contributed by atoms with E-state index in [9.17, 15) is 35.2 Å². The molecule has 174 valence electrons. The molecule has 1 amide bonds. The van der Waals surface area contributed by atoms with E-state index in [0.717, 1.165) is 22.5 Å². The van der Waals surface area contributed by atoms with Gasteiger partial charge in [0, 0.05) is 18.8 Å². The minimum Gasteiger partial charge on any atom is -0.495 e. The van der Waals surface area contributed by atoms with Crippen LogP contribution in [0, 0.1) is 17.6 Å². The fourth-order valence-electron chi connectivity index (χ4n) is 3.43. The zero-order valence-electron chi connectivity index (χ0n) is 16.7. The lowest BCUT2D eigenvalue weighted by Gasteiger charge is -2.31. The number of carbonyl (C=O) groups is 1. The van der Waals surface area contributed by atoms with E-state index in [4.69, 9.17) is 4.74 Å². The summed E-state index contributed by atoms with van der Waals surface area (Å²) in [4.78, 5) is 12.2. The minimum atomic E-state index is -4.94. The Morgan fingerprint density at radius 3 is 2.53 bits per heavy atom. The van der Waals surface area contributed by atoms with Gasteiger partial charge in [0.1, 0.15) is 22.3 Å². The van der Waals surface area contributed by atoms with Gasteiger partial charge in [-0.2, -0.15) is 17.5 Å². The molecular formula is C20H19F5N2O4S. The molecule has 2 aromatic rings. The van der Waals surface area contributed by atoms with Crippen molar-refractivity contribution >= 4 is 21.6 Å². The van der Waals surface area contributed by atoms with E-state index in [2.05, 4.69) is 5.32 Å². The summed E-state index contributed by atoms with van der Waals surface area (Å²) < 4.78 is 97.8. The molecule has 1 aliphatic heterocycles. The molecule has 0 aliphatic carbocycles. The van der Waals surface area contributed by atoms with Gasteiger partial charge in [-0.3, -0.25) is 4.79 Å². The molecule has 1 heterocycles. The summed E-state index contributed by atoms with van der Waals surface area (Å²) in [5, 5.41) is 2.28. The number of rotatable bonds is 5. The van der Waals surface area contributed by atoms with Crippen LogP contribution in [0.15, 0.2) is 41.3 Å². The molecule has 6 nitrogen and oxygen atoms in total. The number of amides is 1. The maximum absolute atomic E-state index is 13.7. The third-order valence-electron chi connectivity index (χ3n) is 5.04. The summed E-state index contributed by atoms with van der Waals surface area (Å²) in [5.74, 6) is -3.92. The predicted octanol–water partition coefficient (Wildman–Crippen LogP) is 4.03. The van der Waals surface area contributed by atoms with Crippen molar-refractivity contribution in [2.24, 2.45) is 5.92 Å². The second kappa shape index (κ2) is 9.02. The van der Waals surface area contributed by atoms with Gasteiger partial charge in [0.05, 0.1) is 18.6 Å². The molecule has 3 rings (SSSR count). The van der Waals surface area contributed by atoms with E-state index in [1.54, 1.807) is 0 Å². The van der Waals surface area contributed by atoms with Crippen LogP contribution >= 0.6 is 0 Å². The summed E-state index contributed by atoms with van der Waals surface area (Å²) >= 11 is 0. The summed E-state index contributed by atoms with van der Waals surface area (Å²) in [6.07, 6.45) is -4.36. The van der Waals surface area contributed by atoms with Crippen LogP contribution in [0.5, 0.6) is 5.75 Å². The van der Waals surface area contributed by atoms with Gasteiger partial charge < -0.3 is 10.1 Å². The van der Waals surface area contributed by atoms with Gasteiger partial charge in [0.25, 0.3) is 0 Å². The van der Waals surface area contributed by atoms with Crippen LogP contribution in [-0.2, 0) is 21.0 Å².